The van der Waals surface area contributed by atoms with Crippen LogP contribution in [0.2, 0.25) is 0 Å². The van der Waals surface area contributed by atoms with Gasteiger partial charge in [0.2, 0.25) is 0 Å². The van der Waals surface area contributed by atoms with Gasteiger partial charge in [0.05, 0.1) is 0 Å². The van der Waals surface area contributed by atoms with Crippen LogP contribution in [0.1, 0.15) is 45.6 Å². The van der Waals surface area contributed by atoms with E-state index in [0.29, 0.717) is 12.1 Å². The smallest absolute Gasteiger partial charge is 0.410 e. The molecule has 1 saturated heterocycles. The number of ether oxygens (including phenoxy) is 1. The number of rotatable bonds is 2. The average molecular weight is 322 g/mol. The number of hydrogen-bond donors (Lipinski definition) is 1. The number of hydrogen-bond acceptors (Lipinski definition) is 3. The summed E-state index contributed by atoms with van der Waals surface area (Å²) in [7, 11) is 0. The van der Waals surface area contributed by atoms with E-state index in [4.69, 9.17) is 4.74 Å². The van der Waals surface area contributed by atoms with Gasteiger partial charge in [0.15, 0.2) is 0 Å². The quantitative estimate of drug-likeness (QED) is 0.881. The van der Waals surface area contributed by atoms with Crippen molar-refractivity contribution in [2.24, 2.45) is 0 Å². The van der Waals surface area contributed by atoms with Gasteiger partial charge in [-0.2, -0.15) is 0 Å². The molecule has 0 aliphatic carbocycles. The van der Waals surface area contributed by atoms with Crippen LogP contribution in [-0.2, 0) is 4.74 Å². The minimum absolute atomic E-state index is 0.187. The maximum atomic E-state index is 13.3. The van der Waals surface area contributed by atoms with E-state index in [1.165, 1.54) is 6.07 Å². The summed E-state index contributed by atoms with van der Waals surface area (Å²) in [6, 6.07) is 5.36. The summed E-state index contributed by atoms with van der Waals surface area (Å²) in [6.07, 6.45) is 2.53. The summed E-state index contributed by atoms with van der Waals surface area (Å²) in [5.74, 6) is -0.187. The Morgan fingerprint density at radius 2 is 2.04 bits per heavy atom. The van der Waals surface area contributed by atoms with E-state index in [0.717, 1.165) is 31.5 Å². The van der Waals surface area contributed by atoms with Crippen LogP contribution in [0, 0.1) is 12.7 Å². The number of aryl methyl sites for hydroxylation is 1. The largest absolute Gasteiger partial charge is 0.444 e. The molecule has 0 aromatic heterocycles. The van der Waals surface area contributed by atoms with Gasteiger partial charge in [0.25, 0.3) is 0 Å². The molecule has 1 aromatic rings. The van der Waals surface area contributed by atoms with Crippen molar-refractivity contribution in [2.75, 3.05) is 18.4 Å². The highest BCUT2D eigenvalue weighted by Gasteiger charge is 2.25. The first-order valence-electron chi connectivity index (χ1n) is 8.25. The zero-order valence-electron chi connectivity index (χ0n) is 14.5. The van der Waals surface area contributed by atoms with Crippen LogP contribution in [0.25, 0.3) is 0 Å². The van der Waals surface area contributed by atoms with Crippen LogP contribution in [0.3, 0.4) is 0 Å². The molecule has 1 aliphatic heterocycles. The van der Waals surface area contributed by atoms with Gasteiger partial charge in [-0.15, -0.1) is 0 Å². The first-order valence-corrected chi connectivity index (χ1v) is 8.25. The van der Waals surface area contributed by atoms with E-state index in [2.05, 4.69) is 5.32 Å². The fourth-order valence-electron chi connectivity index (χ4n) is 2.72. The van der Waals surface area contributed by atoms with Crippen molar-refractivity contribution in [3.63, 3.8) is 0 Å². The predicted octanol–water partition coefficient (Wildman–Crippen LogP) is 4.34. The Balaban J connectivity index is 1.90. The Morgan fingerprint density at radius 1 is 1.30 bits per heavy atom. The molecule has 1 amide bonds. The number of likely N-dealkylation sites (tertiary alicyclic amines) is 1. The van der Waals surface area contributed by atoms with Crippen molar-refractivity contribution in [1.82, 2.24) is 4.90 Å². The third-order valence-corrected chi connectivity index (χ3v) is 3.91. The number of halogens is 1. The van der Waals surface area contributed by atoms with E-state index in [1.54, 1.807) is 17.9 Å². The number of carbonyl (C=O) groups is 1. The number of benzene rings is 1. The van der Waals surface area contributed by atoms with Crippen LogP contribution in [0.5, 0.6) is 0 Å². The first-order chi connectivity index (χ1) is 10.7. The molecule has 2 rings (SSSR count). The summed E-state index contributed by atoms with van der Waals surface area (Å²) in [4.78, 5) is 13.9. The summed E-state index contributed by atoms with van der Waals surface area (Å²) in [5.41, 5.74) is 1.10. The lowest BCUT2D eigenvalue weighted by Crippen LogP contribution is -2.37. The lowest BCUT2D eigenvalue weighted by Gasteiger charge is -2.26. The fourth-order valence-corrected chi connectivity index (χ4v) is 2.72. The number of anilines is 1. The zero-order chi connectivity index (χ0) is 17.0. The highest BCUT2D eigenvalue weighted by molar-refractivity contribution is 5.68. The molecule has 1 heterocycles. The van der Waals surface area contributed by atoms with Gasteiger partial charge in [-0.05, 0) is 70.7 Å². The average Bonchev–Trinajstić information content (AvgIpc) is 2.67. The Morgan fingerprint density at radius 3 is 2.70 bits per heavy atom. The standard InChI is InChI=1S/C18H27FN2O2/c1-13-12-15(7-8-16(13)19)20-14-6-5-10-21(11-9-14)17(22)23-18(2,3)4/h7-8,12,14,20H,5-6,9-11H2,1-4H3. The van der Waals surface area contributed by atoms with E-state index in [-0.39, 0.29) is 18.0 Å². The normalized spacial score (nSPS) is 19.2. The first kappa shape index (κ1) is 17.6. The van der Waals surface area contributed by atoms with Crippen molar-refractivity contribution in [3.05, 3.63) is 29.6 Å². The van der Waals surface area contributed by atoms with E-state index in [1.807, 2.05) is 26.8 Å². The molecule has 1 fully saturated rings. The van der Waals surface area contributed by atoms with Gasteiger partial charge in [-0.25, -0.2) is 9.18 Å². The van der Waals surface area contributed by atoms with Crippen LogP contribution >= 0.6 is 0 Å². The minimum atomic E-state index is -0.466. The summed E-state index contributed by atoms with van der Waals surface area (Å²) in [6.45, 7) is 8.79. The number of nitrogens with zero attached hydrogens (tertiary/aromatic N) is 1. The third-order valence-electron chi connectivity index (χ3n) is 3.91. The molecule has 1 N–H and O–H groups in total. The van der Waals surface area contributed by atoms with Crippen LogP contribution < -0.4 is 5.32 Å². The van der Waals surface area contributed by atoms with E-state index < -0.39 is 5.60 Å². The third kappa shape index (κ3) is 5.41. The summed E-state index contributed by atoms with van der Waals surface area (Å²) < 4.78 is 18.8. The lowest BCUT2D eigenvalue weighted by atomic mass is 10.1. The number of carbonyl (C=O) groups excluding carboxylic acids is 1. The van der Waals surface area contributed by atoms with Crippen molar-refractivity contribution >= 4 is 11.8 Å². The van der Waals surface area contributed by atoms with E-state index in [9.17, 15) is 9.18 Å². The Bertz CT molecular complexity index is 554. The van der Waals surface area contributed by atoms with Gasteiger partial charge >= 0.3 is 6.09 Å². The zero-order valence-corrected chi connectivity index (χ0v) is 14.5. The predicted molar refractivity (Wildman–Crippen MR) is 90.2 cm³/mol. The second kappa shape index (κ2) is 7.20. The maximum absolute atomic E-state index is 13.3. The molecule has 128 valence electrons. The van der Waals surface area contributed by atoms with Gasteiger partial charge in [0.1, 0.15) is 11.4 Å². The van der Waals surface area contributed by atoms with Crippen LogP contribution in [0.15, 0.2) is 18.2 Å². The van der Waals surface area contributed by atoms with Gasteiger partial charge in [-0.1, -0.05) is 0 Å². The summed E-state index contributed by atoms with van der Waals surface area (Å²) >= 11 is 0. The minimum Gasteiger partial charge on any atom is -0.444 e. The van der Waals surface area contributed by atoms with Gasteiger partial charge in [-0.3, -0.25) is 0 Å². The molecule has 5 heteroatoms. The molecule has 0 bridgehead atoms. The van der Waals surface area contributed by atoms with Crippen molar-refractivity contribution in [1.29, 1.82) is 0 Å². The fraction of sp³-hybridized carbons (Fsp3) is 0.611. The molecule has 1 aliphatic rings. The van der Waals surface area contributed by atoms with Crippen LogP contribution in [0.4, 0.5) is 14.9 Å². The van der Waals surface area contributed by atoms with Crippen molar-refractivity contribution in [3.8, 4) is 0 Å². The molecule has 4 nitrogen and oxygen atoms in total. The van der Waals surface area contributed by atoms with Crippen LogP contribution in [-0.4, -0.2) is 35.7 Å². The molecular weight excluding hydrogens is 295 g/mol. The lowest BCUT2D eigenvalue weighted by molar-refractivity contribution is 0.0256. The highest BCUT2D eigenvalue weighted by atomic mass is 19.1. The molecule has 23 heavy (non-hydrogen) atoms. The molecule has 0 spiro atoms. The monoisotopic (exact) mass is 322 g/mol. The van der Waals surface area contributed by atoms with Gasteiger partial charge < -0.3 is 15.0 Å². The molecule has 1 unspecified atom stereocenters. The second-order valence-corrected chi connectivity index (χ2v) is 7.20. The van der Waals surface area contributed by atoms with Crippen molar-refractivity contribution in [2.45, 2.75) is 58.6 Å². The molecule has 1 aromatic carbocycles. The topological polar surface area (TPSA) is 41.6 Å². The molecule has 0 saturated carbocycles. The summed E-state index contributed by atoms with van der Waals surface area (Å²) in [5, 5.41) is 3.45. The number of amides is 1. The van der Waals surface area contributed by atoms with E-state index >= 15 is 0 Å². The second-order valence-electron chi connectivity index (χ2n) is 7.20. The Labute approximate surface area is 138 Å². The molecule has 0 radical (unpaired) electrons. The Hall–Kier alpha value is -1.78. The highest BCUT2D eigenvalue weighted by Crippen LogP contribution is 2.20. The SMILES string of the molecule is Cc1cc(NC2CCCN(C(=O)OC(C)(C)C)CC2)ccc1F. The molecule has 1 atom stereocenters. The maximum Gasteiger partial charge on any atom is 0.410 e. The number of nitrogens with one attached hydrogen (secondary N) is 1. The Kier molecular flexibility index (Phi) is 5.50. The van der Waals surface area contributed by atoms with Crippen molar-refractivity contribution < 1.29 is 13.9 Å². The van der Waals surface area contributed by atoms with Gasteiger partial charge in [0, 0.05) is 24.8 Å². The molecular formula is C18H27FN2O2.